The maximum Gasteiger partial charge on any atom is 0.253 e. The second-order valence-corrected chi connectivity index (χ2v) is 5.41. The average molecular weight is 287 g/mol. The normalized spacial score (nSPS) is 12.4. The van der Waals surface area contributed by atoms with E-state index in [4.69, 9.17) is 5.73 Å². The second kappa shape index (κ2) is 6.99. The smallest absolute Gasteiger partial charge is 0.253 e. The van der Waals surface area contributed by atoms with Gasteiger partial charge >= 0.3 is 0 Å². The molecule has 3 N–H and O–H groups in total. The fourth-order valence-corrected chi connectivity index (χ4v) is 2.12. The molecule has 0 fully saturated rings. The molecule has 1 unspecified atom stereocenters. The van der Waals surface area contributed by atoms with Gasteiger partial charge in [-0.15, -0.1) is 0 Å². The zero-order chi connectivity index (χ0) is 15.2. The zero-order valence-electron chi connectivity index (χ0n) is 12.4. The molecule has 2 aromatic rings. The lowest BCUT2D eigenvalue weighted by atomic mass is 10.0. The van der Waals surface area contributed by atoms with Crippen molar-refractivity contribution in [2.24, 2.45) is 11.7 Å². The van der Waals surface area contributed by atoms with Gasteiger partial charge in [0, 0.05) is 31.2 Å². The highest BCUT2D eigenvalue weighted by Crippen LogP contribution is 2.07. The van der Waals surface area contributed by atoms with Gasteiger partial charge in [0.2, 0.25) is 0 Å². The van der Waals surface area contributed by atoms with E-state index >= 15 is 0 Å². The van der Waals surface area contributed by atoms with E-state index in [1.54, 1.807) is 41.6 Å². The van der Waals surface area contributed by atoms with Gasteiger partial charge in [-0.2, -0.15) is 0 Å². The molecular weight excluding hydrogens is 266 g/mol. The first-order valence-corrected chi connectivity index (χ1v) is 7.05. The summed E-state index contributed by atoms with van der Waals surface area (Å²) in [6.07, 6.45) is 7.57. The van der Waals surface area contributed by atoms with Gasteiger partial charge in [0.15, 0.2) is 0 Å². The van der Waals surface area contributed by atoms with Crippen molar-refractivity contribution in [1.29, 1.82) is 0 Å². The number of hydrogen-bond donors (Lipinski definition) is 2. The molecule has 112 valence electrons. The van der Waals surface area contributed by atoms with E-state index in [2.05, 4.69) is 29.1 Å². The highest BCUT2D eigenvalue weighted by Gasteiger charge is 2.14. The standard InChI is InChI=1S/C15H21N5O/c1-11(2)7-13(8-16)19-15(21)12-3-4-14(18-9-12)20-6-5-17-10-20/h3-6,9-11,13H,7-8,16H2,1-2H3,(H,19,21). The molecule has 1 amide bonds. The van der Waals surface area contributed by atoms with Crippen molar-refractivity contribution in [2.45, 2.75) is 26.3 Å². The molecule has 2 heterocycles. The van der Waals surface area contributed by atoms with Crippen LogP contribution in [0.4, 0.5) is 0 Å². The summed E-state index contributed by atoms with van der Waals surface area (Å²) in [5.41, 5.74) is 6.22. The van der Waals surface area contributed by atoms with Crippen molar-refractivity contribution < 1.29 is 4.79 Å². The van der Waals surface area contributed by atoms with E-state index in [1.807, 2.05) is 0 Å². The Hall–Kier alpha value is -2.21. The van der Waals surface area contributed by atoms with Crippen molar-refractivity contribution in [3.8, 4) is 5.82 Å². The number of rotatable bonds is 6. The van der Waals surface area contributed by atoms with Crippen LogP contribution in [0.15, 0.2) is 37.1 Å². The van der Waals surface area contributed by atoms with Gasteiger partial charge in [0.1, 0.15) is 12.1 Å². The van der Waals surface area contributed by atoms with Crippen LogP contribution in [0.5, 0.6) is 0 Å². The highest BCUT2D eigenvalue weighted by atomic mass is 16.1. The molecule has 0 saturated carbocycles. The van der Waals surface area contributed by atoms with Crippen LogP contribution < -0.4 is 11.1 Å². The minimum absolute atomic E-state index is 0.00850. The number of carbonyl (C=O) groups excluding carboxylic acids is 1. The summed E-state index contributed by atoms with van der Waals surface area (Å²) in [5, 5.41) is 2.95. The molecule has 0 saturated heterocycles. The summed E-state index contributed by atoms with van der Waals surface area (Å²) in [5.74, 6) is 1.07. The summed E-state index contributed by atoms with van der Waals surface area (Å²) in [6, 6.07) is 3.53. The van der Waals surface area contributed by atoms with Crippen LogP contribution in [-0.4, -0.2) is 33.0 Å². The molecule has 0 spiro atoms. The molecule has 2 rings (SSSR count). The van der Waals surface area contributed by atoms with Crippen LogP contribution in [0, 0.1) is 5.92 Å². The lowest BCUT2D eigenvalue weighted by molar-refractivity contribution is 0.0933. The molecule has 0 aliphatic carbocycles. The number of carbonyl (C=O) groups is 1. The molecular formula is C15H21N5O. The Morgan fingerprint density at radius 3 is 2.76 bits per heavy atom. The van der Waals surface area contributed by atoms with Crippen LogP contribution in [0.25, 0.3) is 5.82 Å². The number of nitrogens with two attached hydrogens (primary N) is 1. The third kappa shape index (κ3) is 4.13. The van der Waals surface area contributed by atoms with Gasteiger partial charge in [-0.1, -0.05) is 13.8 Å². The predicted molar refractivity (Wildman–Crippen MR) is 81.1 cm³/mol. The number of amides is 1. The zero-order valence-corrected chi connectivity index (χ0v) is 12.4. The Morgan fingerprint density at radius 2 is 2.24 bits per heavy atom. The average Bonchev–Trinajstić information content (AvgIpc) is 3.00. The molecule has 0 aromatic carbocycles. The summed E-state index contributed by atoms with van der Waals surface area (Å²) < 4.78 is 1.78. The van der Waals surface area contributed by atoms with E-state index in [-0.39, 0.29) is 11.9 Å². The number of aromatic nitrogens is 3. The summed E-state index contributed by atoms with van der Waals surface area (Å²) in [6.45, 7) is 4.65. The number of nitrogens with zero attached hydrogens (tertiary/aromatic N) is 3. The quantitative estimate of drug-likeness (QED) is 0.840. The van der Waals surface area contributed by atoms with Gasteiger partial charge in [-0.3, -0.25) is 9.36 Å². The SMILES string of the molecule is CC(C)CC(CN)NC(=O)c1ccc(-n2ccnc2)nc1. The van der Waals surface area contributed by atoms with E-state index < -0.39 is 0 Å². The Morgan fingerprint density at radius 1 is 1.43 bits per heavy atom. The number of hydrogen-bond acceptors (Lipinski definition) is 4. The molecule has 0 bridgehead atoms. The summed E-state index contributed by atoms with van der Waals surface area (Å²) >= 11 is 0. The molecule has 0 aliphatic rings. The van der Waals surface area contributed by atoms with E-state index in [9.17, 15) is 4.79 Å². The van der Waals surface area contributed by atoms with Gasteiger partial charge in [0.05, 0.1) is 5.56 Å². The fraction of sp³-hybridized carbons (Fsp3) is 0.400. The molecule has 0 aliphatic heterocycles. The fourth-order valence-electron chi connectivity index (χ4n) is 2.12. The summed E-state index contributed by atoms with van der Waals surface area (Å²) in [7, 11) is 0. The Kier molecular flexibility index (Phi) is 5.05. The van der Waals surface area contributed by atoms with Crippen LogP contribution in [0.2, 0.25) is 0 Å². The van der Waals surface area contributed by atoms with E-state index in [1.165, 1.54) is 0 Å². The minimum atomic E-state index is -0.143. The van der Waals surface area contributed by atoms with Gasteiger partial charge in [-0.05, 0) is 24.5 Å². The minimum Gasteiger partial charge on any atom is -0.348 e. The first kappa shape index (κ1) is 15.2. The Bertz CT molecular complexity index is 562. The molecule has 21 heavy (non-hydrogen) atoms. The number of pyridine rings is 1. The van der Waals surface area contributed by atoms with Crippen LogP contribution >= 0.6 is 0 Å². The number of nitrogens with one attached hydrogen (secondary N) is 1. The van der Waals surface area contributed by atoms with Crippen LogP contribution in [-0.2, 0) is 0 Å². The van der Waals surface area contributed by atoms with Crippen molar-refractivity contribution in [1.82, 2.24) is 19.9 Å². The third-order valence-electron chi connectivity index (χ3n) is 3.15. The Labute approximate surface area is 124 Å². The van der Waals surface area contributed by atoms with E-state index in [0.717, 1.165) is 12.2 Å². The lowest BCUT2D eigenvalue weighted by Crippen LogP contribution is -2.41. The molecule has 6 heteroatoms. The molecule has 6 nitrogen and oxygen atoms in total. The maximum absolute atomic E-state index is 12.2. The molecule has 2 aromatic heterocycles. The maximum atomic E-state index is 12.2. The van der Waals surface area contributed by atoms with Crippen molar-refractivity contribution in [3.05, 3.63) is 42.6 Å². The van der Waals surface area contributed by atoms with Crippen molar-refractivity contribution in [2.75, 3.05) is 6.54 Å². The molecule has 0 radical (unpaired) electrons. The monoisotopic (exact) mass is 287 g/mol. The van der Waals surface area contributed by atoms with Gasteiger partial charge in [-0.25, -0.2) is 9.97 Å². The largest absolute Gasteiger partial charge is 0.348 e. The topological polar surface area (TPSA) is 85.8 Å². The third-order valence-corrected chi connectivity index (χ3v) is 3.15. The predicted octanol–water partition coefficient (Wildman–Crippen LogP) is 1.37. The number of imidazole rings is 1. The lowest BCUT2D eigenvalue weighted by Gasteiger charge is -2.18. The molecule has 1 atom stereocenters. The first-order valence-electron chi connectivity index (χ1n) is 7.05. The van der Waals surface area contributed by atoms with Crippen molar-refractivity contribution >= 4 is 5.91 Å². The van der Waals surface area contributed by atoms with Gasteiger partial charge < -0.3 is 11.1 Å². The van der Waals surface area contributed by atoms with Crippen molar-refractivity contribution in [3.63, 3.8) is 0 Å². The first-order chi connectivity index (χ1) is 10.1. The summed E-state index contributed by atoms with van der Waals surface area (Å²) in [4.78, 5) is 20.4. The van der Waals surface area contributed by atoms with Gasteiger partial charge in [0.25, 0.3) is 5.91 Å². The van der Waals surface area contributed by atoms with Crippen LogP contribution in [0.1, 0.15) is 30.6 Å². The Balaban J connectivity index is 2.02. The van der Waals surface area contributed by atoms with Crippen LogP contribution in [0.3, 0.4) is 0 Å². The second-order valence-electron chi connectivity index (χ2n) is 5.41. The van der Waals surface area contributed by atoms with E-state index in [0.29, 0.717) is 18.0 Å². The highest BCUT2D eigenvalue weighted by molar-refractivity contribution is 5.94.